The standard InChI is InChI=1S/C26H28FN7O/c1-32(2)10-4-12-35-17-20-9-11-33-25(20)26(28-18-30-33)31-23-7-8-24-21(14-23)15-29-34(24)16-19-5-3-6-22(27)13-19/h3,5-9,11,13-15,18H,4,10,12,16-17H2,1-2H3,(H,28,30,31). The Morgan fingerprint density at radius 1 is 1.09 bits per heavy atom. The molecule has 0 atom stereocenters. The molecule has 2 aromatic carbocycles. The van der Waals surface area contributed by atoms with Gasteiger partial charge in [-0.25, -0.2) is 13.9 Å². The van der Waals surface area contributed by atoms with Crippen LogP contribution in [0.2, 0.25) is 0 Å². The highest BCUT2D eigenvalue weighted by molar-refractivity contribution is 5.85. The van der Waals surface area contributed by atoms with Crippen molar-refractivity contribution in [2.24, 2.45) is 0 Å². The van der Waals surface area contributed by atoms with E-state index in [-0.39, 0.29) is 5.82 Å². The molecule has 0 fully saturated rings. The molecule has 0 unspecified atom stereocenters. The Morgan fingerprint density at radius 2 is 2.00 bits per heavy atom. The van der Waals surface area contributed by atoms with Crippen LogP contribution in [0.5, 0.6) is 0 Å². The lowest BCUT2D eigenvalue weighted by atomic mass is 10.2. The van der Waals surface area contributed by atoms with Gasteiger partial charge in [-0.3, -0.25) is 4.68 Å². The molecule has 0 aliphatic heterocycles. The predicted octanol–water partition coefficient (Wildman–Crippen LogP) is 4.48. The van der Waals surface area contributed by atoms with Gasteiger partial charge in [0.25, 0.3) is 0 Å². The van der Waals surface area contributed by atoms with Gasteiger partial charge < -0.3 is 15.0 Å². The van der Waals surface area contributed by atoms with E-state index in [0.29, 0.717) is 25.6 Å². The van der Waals surface area contributed by atoms with E-state index in [1.54, 1.807) is 6.07 Å². The highest BCUT2D eigenvalue weighted by Gasteiger charge is 2.12. The number of nitrogens with one attached hydrogen (secondary N) is 1. The molecular formula is C26H28FN7O. The van der Waals surface area contributed by atoms with E-state index in [2.05, 4.69) is 39.5 Å². The first-order valence-corrected chi connectivity index (χ1v) is 11.6. The Balaban J connectivity index is 1.33. The number of hydrogen-bond donors (Lipinski definition) is 1. The lowest BCUT2D eigenvalue weighted by Crippen LogP contribution is -2.14. The van der Waals surface area contributed by atoms with Crippen LogP contribution >= 0.6 is 0 Å². The number of benzene rings is 2. The van der Waals surface area contributed by atoms with Crippen molar-refractivity contribution < 1.29 is 9.13 Å². The molecule has 0 aliphatic rings. The molecule has 35 heavy (non-hydrogen) atoms. The van der Waals surface area contributed by atoms with Crippen LogP contribution in [0, 0.1) is 5.82 Å². The summed E-state index contributed by atoms with van der Waals surface area (Å²) in [4.78, 5) is 6.64. The fraction of sp³-hybridized carbons (Fsp3) is 0.269. The van der Waals surface area contributed by atoms with Crippen LogP contribution < -0.4 is 5.32 Å². The molecule has 8 nitrogen and oxygen atoms in total. The normalized spacial score (nSPS) is 11.7. The minimum absolute atomic E-state index is 0.245. The molecule has 0 bridgehead atoms. The number of hydrogen-bond acceptors (Lipinski definition) is 6. The molecule has 3 heterocycles. The Morgan fingerprint density at radius 3 is 2.86 bits per heavy atom. The van der Waals surface area contributed by atoms with Crippen LogP contribution in [0.4, 0.5) is 15.9 Å². The Labute approximate surface area is 203 Å². The summed E-state index contributed by atoms with van der Waals surface area (Å²) in [6, 6.07) is 14.6. The van der Waals surface area contributed by atoms with Gasteiger partial charge in [-0.2, -0.15) is 10.2 Å². The molecule has 3 aromatic heterocycles. The summed E-state index contributed by atoms with van der Waals surface area (Å²) in [6.45, 7) is 2.69. The Bertz CT molecular complexity index is 1440. The van der Waals surface area contributed by atoms with E-state index in [9.17, 15) is 4.39 Å². The second kappa shape index (κ2) is 10.2. The van der Waals surface area contributed by atoms with Crippen LogP contribution in [-0.2, 0) is 17.9 Å². The van der Waals surface area contributed by atoms with Crippen LogP contribution in [0.15, 0.2) is 67.3 Å². The smallest absolute Gasteiger partial charge is 0.158 e. The number of ether oxygens (including phenoxy) is 1. The molecule has 0 amide bonds. The van der Waals surface area contributed by atoms with Gasteiger partial charge in [0.05, 0.1) is 24.9 Å². The van der Waals surface area contributed by atoms with Crippen molar-refractivity contribution in [1.29, 1.82) is 0 Å². The third-order valence-corrected chi connectivity index (χ3v) is 5.81. The lowest BCUT2D eigenvalue weighted by Gasteiger charge is -2.11. The molecule has 0 saturated carbocycles. The number of rotatable bonds is 10. The highest BCUT2D eigenvalue weighted by Crippen LogP contribution is 2.26. The highest BCUT2D eigenvalue weighted by atomic mass is 19.1. The molecule has 0 spiro atoms. The summed E-state index contributed by atoms with van der Waals surface area (Å²) in [5.74, 6) is 0.466. The predicted molar refractivity (Wildman–Crippen MR) is 134 cm³/mol. The van der Waals surface area contributed by atoms with Crippen molar-refractivity contribution in [2.75, 3.05) is 32.6 Å². The van der Waals surface area contributed by atoms with Crippen molar-refractivity contribution in [3.8, 4) is 0 Å². The first-order chi connectivity index (χ1) is 17.1. The van der Waals surface area contributed by atoms with Crippen LogP contribution in [0.25, 0.3) is 16.4 Å². The summed E-state index contributed by atoms with van der Waals surface area (Å²) < 4.78 is 23.1. The average Bonchev–Trinajstić information content (AvgIpc) is 3.43. The summed E-state index contributed by atoms with van der Waals surface area (Å²) in [5.41, 5.74) is 4.65. The van der Waals surface area contributed by atoms with Crippen molar-refractivity contribution in [2.45, 2.75) is 19.6 Å². The number of fused-ring (bicyclic) bond motifs is 2. The molecule has 180 valence electrons. The Hall–Kier alpha value is -3.82. The van der Waals surface area contributed by atoms with Gasteiger partial charge in [-0.05, 0) is 69.0 Å². The second-order valence-corrected chi connectivity index (χ2v) is 8.78. The molecule has 5 rings (SSSR count). The Kier molecular flexibility index (Phi) is 6.69. The SMILES string of the molecule is CN(C)CCCOCc1ccn2ncnc(Nc3ccc4c(cnn4Cc4cccc(F)c4)c3)c12. The third kappa shape index (κ3) is 5.31. The summed E-state index contributed by atoms with van der Waals surface area (Å²) in [6.07, 6.45) is 6.25. The zero-order valence-corrected chi connectivity index (χ0v) is 19.9. The molecule has 0 radical (unpaired) electrons. The second-order valence-electron chi connectivity index (χ2n) is 8.78. The zero-order valence-electron chi connectivity index (χ0n) is 19.9. The van der Waals surface area contributed by atoms with Gasteiger partial charge in [0.15, 0.2) is 5.82 Å². The molecular weight excluding hydrogens is 445 g/mol. The van der Waals surface area contributed by atoms with E-state index in [0.717, 1.165) is 46.2 Å². The van der Waals surface area contributed by atoms with E-state index in [1.807, 2.05) is 51.9 Å². The van der Waals surface area contributed by atoms with E-state index < -0.39 is 0 Å². The molecule has 5 aromatic rings. The monoisotopic (exact) mass is 473 g/mol. The van der Waals surface area contributed by atoms with E-state index in [4.69, 9.17) is 4.74 Å². The first-order valence-electron chi connectivity index (χ1n) is 11.6. The number of anilines is 2. The van der Waals surface area contributed by atoms with Crippen LogP contribution in [-0.4, -0.2) is 56.5 Å². The number of nitrogens with zero attached hydrogens (tertiary/aromatic N) is 6. The minimum atomic E-state index is -0.245. The van der Waals surface area contributed by atoms with E-state index in [1.165, 1.54) is 18.5 Å². The van der Waals surface area contributed by atoms with Crippen LogP contribution in [0.1, 0.15) is 17.5 Å². The summed E-state index contributed by atoms with van der Waals surface area (Å²) in [5, 5.41) is 13.2. The fourth-order valence-electron chi connectivity index (χ4n) is 4.13. The summed E-state index contributed by atoms with van der Waals surface area (Å²) in [7, 11) is 4.12. The number of halogens is 1. The minimum Gasteiger partial charge on any atom is -0.377 e. The molecule has 9 heteroatoms. The van der Waals surface area contributed by atoms with Crippen molar-refractivity contribution in [1.82, 2.24) is 29.3 Å². The van der Waals surface area contributed by atoms with Crippen LogP contribution in [0.3, 0.4) is 0 Å². The molecule has 0 aliphatic carbocycles. The molecule has 1 N–H and O–H groups in total. The lowest BCUT2D eigenvalue weighted by molar-refractivity contribution is 0.114. The largest absolute Gasteiger partial charge is 0.377 e. The van der Waals surface area contributed by atoms with Gasteiger partial charge in [0.1, 0.15) is 17.7 Å². The maximum absolute atomic E-state index is 13.6. The van der Waals surface area contributed by atoms with Gasteiger partial charge in [-0.1, -0.05) is 12.1 Å². The van der Waals surface area contributed by atoms with E-state index >= 15 is 0 Å². The van der Waals surface area contributed by atoms with Crippen molar-refractivity contribution >= 4 is 27.9 Å². The first kappa shape index (κ1) is 22.9. The fourth-order valence-corrected chi connectivity index (χ4v) is 4.13. The zero-order chi connectivity index (χ0) is 24.2. The maximum Gasteiger partial charge on any atom is 0.158 e. The van der Waals surface area contributed by atoms with Crippen molar-refractivity contribution in [3.63, 3.8) is 0 Å². The van der Waals surface area contributed by atoms with Crippen molar-refractivity contribution in [3.05, 3.63) is 84.2 Å². The topological polar surface area (TPSA) is 72.5 Å². The van der Waals surface area contributed by atoms with Gasteiger partial charge >= 0.3 is 0 Å². The summed E-state index contributed by atoms with van der Waals surface area (Å²) >= 11 is 0. The maximum atomic E-state index is 13.6. The van der Waals surface area contributed by atoms with Gasteiger partial charge in [0, 0.05) is 29.4 Å². The third-order valence-electron chi connectivity index (χ3n) is 5.81. The molecule has 0 saturated heterocycles. The van der Waals surface area contributed by atoms with Gasteiger partial charge in [0.2, 0.25) is 0 Å². The van der Waals surface area contributed by atoms with Gasteiger partial charge in [-0.15, -0.1) is 0 Å². The quantitative estimate of drug-likeness (QED) is 0.302. The number of aromatic nitrogens is 5. The average molecular weight is 474 g/mol.